The van der Waals surface area contributed by atoms with Crippen LogP contribution in [0.15, 0.2) is 10.9 Å². The van der Waals surface area contributed by atoms with Crippen molar-refractivity contribution in [3.63, 3.8) is 0 Å². The minimum Gasteiger partial charge on any atom is -0.360 e. The highest BCUT2D eigenvalue weighted by molar-refractivity contribution is 7.18. The molecule has 6 nitrogen and oxygen atoms in total. The van der Waals surface area contributed by atoms with Crippen LogP contribution in [0.4, 0.5) is 5.13 Å². The van der Waals surface area contributed by atoms with Crippen LogP contribution in [0.25, 0.3) is 10.6 Å². The first-order valence-corrected chi connectivity index (χ1v) is 7.50. The fourth-order valence-corrected chi connectivity index (χ4v) is 3.19. The van der Waals surface area contributed by atoms with Gasteiger partial charge in [0.25, 0.3) is 5.56 Å². The third kappa shape index (κ3) is 2.46. The van der Waals surface area contributed by atoms with Gasteiger partial charge in [0.2, 0.25) is 5.13 Å². The molecule has 0 bridgehead atoms. The minimum atomic E-state index is -0.0764. The summed E-state index contributed by atoms with van der Waals surface area (Å²) in [5.74, 6) is 0. The summed E-state index contributed by atoms with van der Waals surface area (Å²) >= 11 is 1.41. The van der Waals surface area contributed by atoms with E-state index >= 15 is 0 Å². The molecular formula is C13H17N5OS. The fourth-order valence-electron chi connectivity index (χ4n) is 2.36. The van der Waals surface area contributed by atoms with E-state index in [0.29, 0.717) is 10.6 Å². The topological polar surface area (TPSA) is 73.9 Å². The van der Waals surface area contributed by atoms with E-state index in [-0.39, 0.29) is 5.56 Å². The van der Waals surface area contributed by atoms with Crippen molar-refractivity contribution in [3.05, 3.63) is 27.7 Å². The van der Waals surface area contributed by atoms with Gasteiger partial charge in [-0.1, -0.05) is 11.3 Å². The van der Waals surface area contributed by atoms with Crippen molar-refractivity contribution in [2.45, 2.75) is 19.9 Å². The summed E-state index contributed by atoms with van der Waals surface area (Å²) in [6.45, 7) is 4.63. The first-order valence-electron chi connectivity index (χ1n) is 6.68. The van der Waals surface area contributed by atoms with E-state index in [9.17, 15) is 4.79 Å². The Balaban J connectivity index is 2.00. The van der Waals surface area contributed by atoms with Gasteiger partial charge < -0.3 is 15.2 Å². The highest BCUT2D eigenvalue weighted by atomic mass is 32.1. The largest absolute Gasteiger partial charge is 0.360 e. The number of aromatic amines is 1. The molecule has 3 heterocycles. The lowest BCUT2D eigenvalue weighted by molar-refractivity contribution is 0.309. The molecular weight excluding hydrogens is 274 g/mol. The molecule has 0 fully saturated rings. The second-order valence-electron chi connectivity index (χ2n) is 4.95. The van der Waals surface area contributed by atoms with Gasteiger partial charge in [-0.05, 0) is 25.6 Å². The van der Waals surface area contributed by atoms with Crippen LogP contribution < -0.4 is 10.9 Å². The first-order chi connectivity index (χ1) is 9.67. The van der Waals surface area contributed by atoms with Crippen molar-refractivity contribution in [1.82, 2.24) is 20.1 Å². The number of rotatable bonds is 3. The molecule has 0 saturated carbocycles. The lowest BCUT2D eigenvalue weighted by Gasteiger charge is -2.24. The molecule has 0 aliphatic carbocycles. The third-order valence-electron chi connectivity index (χ3n) is 3.38. The van der Waals surface area contributed by atoms with Gasteiger partial charge in [0.05, 0.1) is 5.56 Å². The number of hydrogen-bond donors (Lipinski definition) is 2. The maximum Gasteiger partial charge on any atom is 0.258 e. The van der Waals surface area contributed by atoms with E-state index < -0.39 is 0 Å². The van der Waals surface area contributed by atoms with E-state index in [2.05, 4.69) is 32.4 Å². The molecule has 2 aromatic rings. The molecule has 0 amide bonds. The summed E-state index contributed by atoms with van der Waals surface area (Å²) in [6.07, 6.45) is 0.889. The molecule has 20 heavy (non-hydrogen) atoms. The predicted molar refractivity (Wildman–Crippen MR) is 80.2 cm³/mol. The Morgan fingerprint density at radius 2 is 2.35 bits per heavy atom. The van der Waals surface area contributed by atoms with Crippen LogP contribution in [0.1, 0.15) is 18.2 Å². The molecule has 3 rings (SSSR count). The van der Waals surface area contributed by atoms with Crippen LogP contribution in [-0.4, -0.2) is 40.2 Å². The van der Waals surface area contributed by atoms with Crippen LogP contribution in [0.3, 0.4) is 0 Å². The van der Waals surface area contributed by atoms with E-state index in [0.717, 1.165) is 36.9 Å². The Bertz CT molecular complexity index is 678. The van der Waals surface area contributed by atoms with Crippen LogP contribution in [-0.2, 0) is 13.0 Å². The van der Waals surface area contributed by atoms with Crippen molar-refractivity contribution in [3.8, 4) is 10.6 Å². The van der Waals surface area contributed by atoms with E-state index in [1.807, 2.05) is 13.0 Å². The summed E-state index contributed by atoms with van der Waals surface area (Å²) in [6, 6.07) is 1.96. The Morgan fingerprint density at radius 3 is 3.15 bits per heavy atom. The van der Waals surface area contributed by atoms with Crippen molar-refractivity contribution in [2.24, 2.45) is 0 Å². The highest BCUT2D eigenvalue weighted by Crippen LogP contribution is 2.26. The molecule has 106 valence electrons. The predicted octanol–water partition coefficient (Wildman–Crippen LogP) is 1.31. The number of fused-ring (bicyclic) bond motifs is 1. The maximum absolute atomic E-state index is 12.2. The fraction of sp³-hybridized carbons (Fsp3) is 0.462. The van der Waals surface area contributed by atoms with Gasteiger partial charge in [0.15, 0.2) is 5.01 Å². The number of aromatic nitrogens is 3. The molecule has 2 aromatic heterocycles. The SMILES string of the molecule is CCNc1nnc(-c2cc3c([nH]c2=O)CCN(C)C3)s1. The van der Waals surface area contributed by atoms with Gasteiger partial charge in [0, 0.05) is 31.7 Å². The third-order valence-corrected chi connectivity index (χ3v) is 4.30. The zero-order chi connectivity index (χ0) is 14.1. The zero-order valence-corrected chi connectivity index (χ0v) is 12.4. The summed E-state index contributed by atoms with van der Waals surface area (Å²) in [7, 11) is 2.09. The van der Waals surface area contributed by atoms with Crippen LogP contribution in [0.2, 0.25) is 0 Å². The van der Waals surface area contributed by atoms with Gasteiger partial charge >= 0.3 is 0 Å². The zero-order valence-electron chi connectivity index (χ0n) is 11.6. The molecule has 0 spiro atoms. The van der Waals surface area contributed by atoms with Gasteiger partial charge in [-0.15, -0.1) is 10.2 Å². The standard InChI is InChI=1S/C13H17N5OS/c1-3-14-13-17-16-12(20-13)9-6-8-7-18(2)5-4-10(8)15-11(9)19/h6H,3-5,7H2,1-2H3,(H,14,17)(H,15,19). The molecule has 0 unspecified atom stereocenters. The lowest BCUT2D eigenvalue weighted by Crippen LogP contribution is -2.29. The van der Waals surface area contributed by atoms with Gasteiger partial charge in [-0.2, -0.15) is 0 Å². The Kier molecular flexibility index (Phi) is 3.54. The monoisotopic (exact) mass is 291 g/mol. The first kappa shape index (κ1) is 13.3. The van der Waals surface area contributed by atoms with Crippen LogP contribution in [0, 0.1) is 0 Å². The summed E-state index contributed by atoms with van der Waals surface area (Å²) in [4.78, 5) is 17.4. The molecule has 1 aliphatic heterocycles. The number of likely N-dealkylation sites (N-methyl/N-ethyl adjacent to an activating group) is 1. The molecule has 0 saturated heterocycles. The van der Waals surface area contributed by atoms with Gasteiger partial charge in [0.1, 0.15) is 0 Å². The van der Waals surface area contributed by atoms with Crippen LogP contribution in [0.5, 0.6) is 0 Å². The van der Waals surface area contributed by atoms with Crippen LogP contribution >= 0.6 is 11.3 Å². The van der Waals surface area contributed by atoms with Gasteiger partial charge in [-0.25, -0.2) is 0 Å². The summed E-state index contributed by atoms with van der Waals surface area (Å²) in [5.41, 5.74) is 2.76. The number of nitrogens with one attached hydrogen (secondary N) is 2. The second kappa shape index (κ2) is 5.34. The Morgan fingerprint density at radius 1 is 1.50 bits per heavy atom. The molecule has 1 aliphatic rings. The minimum absolute atomic E-state index is 0.0764. The van der Waals surface area contributed by atoms with Gasteiger partial charge in [-0.3, -0.25) is 4.79 Å². The highest BCUT2D eigenvalue weighted by Gasteiger charge is 2.18. The number of H-pyrrole nitrogens is 1. The number of pyridine rings is 1. The molecule has 0 aromatic carbocycles. The number of nitrogens with zero attached hydrogens (tertiary/aromatic N) is 3. The van der Waals surface area contributed by atoms with E-state index in [1.54, 1.807) is 0 Å². The van der Waals surface area contributed by atoms with Crippen molar-refractivity contribution >= 4 is 16.5 Å². The van der Waals surface area contributed by atoms with E-state index in [1.165, 1.54) is 16.9 Å². The Labute approximate surface area is 120 Å². The van der Waals surface area contributed by atoms with Crippen molar-refractivity contribution in [1.29, 1.82) is 0 Å². The second-order valence-corrected chi connectivity index (χ2v) is 5.92. The smallest absolute Gasteiger partial charge is 0.258 e. The maximum atomic E-state index is 12.2. The summed E-state index contributed by atoms with van der Waals surface area (Å²) in [5, 5.41) is 12.7. The molecule has 0 radical (unpaired) electrons. The Hall–Kier alpha value is -1.73. The lowest BCUT2D eigenvalue weighted by atomic mass is 10.0. The molecule has 0 atom stereocenters. The van der Waals surface area contributed by atoms with Crippen molar-refractivity contribution < 1.29 is 0 Å². The average molecular weight is 291 g/mol. The average Bonchev–Trinajstić information content (AvgIpc) is 2.87. The molecule has 7 heteroatoms. The number of hydrogen-bond acceptors (Lipinski definition) is 6. The molecule has 2 N–H and O–H groups in total. The summed E-state index contributed by atoms with van der Waals surface area (Å²) < 4.78 is 0. The van der Waals surface area contributed by atoms with E-state index in [4.69, 9.17) is 0 Å². The quantitative estimate of drug-likeness (QED) is 0.892. The normalized spacial score (nSPS) is 15.1. The van der Waals surface area contributed by atoms with Crippen molar-refractivity contribution in [2.75, 3.05) is 25.5 Å². The number of anilines is 1.